The Labute approximate surface area is 180 Å². The number of pyridine rings is 1. The lowest BCUT2D eigenvalue weighted by atomic mass is 10.1. The van der Waals surface area contributed by atoms with E-state index in [2.05, 4.69) is 20.7 Å². The number of rotatable bonds is 4. The second-order valence-electron chi connectivity index (χ2n) is 7.59. The van der Waals surface area contributed by atoms with Crippen molar-refractivity contribution < 1.29 is 27.9 Å². The number of amides is 1. The number of hydrogen-bond acceptors (Lipinski definition) is 5. The summed E-state index contributed by atoms with van der Waals surface area (Å²) < 4.78 is 40.6. The topological polar surface area (TPSA) is 109 Å². The molecule has 1 amide bonds. The summed E-state index contributed by atoms with van der Waals surface area (Å²) in [6, 6.07) is 5.97. The Bertz CT molecular complexity index is 1200. The summed E-state index contributed by atoms with van der Waals surface area (Å²) >= 11 is 0. The maximum absolute atomic E-state index is 12.9. The number of carbonyl (C=O) groups excluding carboxylic acids is 1. The van der Waals surface area contributed by atoms with Crippen LogP contribution in [0.25, 0.3) is 10.9 Å². The number of carboxylic acid groups (broad SMARTS) is 1. The van der Waals surface area contributed by atoms with Crippen molar-refractivity contribution in [3.8, 4) is 0 Å². The molecule has 1 saturated heterocycles. The third kappa shape index (κ3) is 4.15. The highest BCUT2D eigenvalue weighted by molar-refractivity contribution is 6.09. The monoisotopic (exact) mass is 447 g/mol. The highest BCUT2D eigenvalue weighted by Gasteiger charge is 2.33. The quantitative estimate of drug-likeness (QED) is 0.564. The molecule has 0 aliphatic carbocycles. The van der Waals surface area contributed by atoms with E-state index in [9.17, 15) is 27.9 Å². The van der Waals surface area contributed by atoms with Gasteiger partial charge in [-0.15, -0.1) is 0 Å². The smallest absolute Gasteiger partial charge is 0.433 e. The van der Waals surface area contributed by atoms with E-state index in [1.807, 2.05) is 11.6 Å². The minimum Gasteiger partial charge on any atom is -0.478 e. The van der Waals surface area contributed by atoms with Crippen molar-refractivity contribution in [1.82, 2.24) is 20.1 Å². The number of nitrogens with zero attached hydrogens (tertiary/aromatic N) is 3. The molecule has 168 valence electrons. The molecule has 3 aromatic rings. The van der Waals surface area contributed by atoms with Gasteiger partial charge in [-0.25, -0.2) is 9.78 Å². The molecule has 0 unspecified atom stereocenters. The molecule has 0 spiro atoms. The van der Waals surface area contributed by atoms with Crippen LogP contribution in [0, 0.1) is 6.92 Å². The number of anilines is 1. The normalized spacial score (nSPS) is 15.1. The van der Waals surface area contributed by atoms with Crippen molar-refractivity contribution in [1.29, 1.82) is 0 Å². The van der Waals surface area contributed by atoms with E-state index in [0.717, 1.165) is 49.8 Å². The Morgan fingerprint density at radius 1 is 1.22 bits per heavy atom. The predicted molar refractivity (Wildman–Crippen MR) is 110 cm³/mol. The number of halogens is 3. The van der Waals surface area contributed by atoms with Crippen LogP contribution in [0.5, 0.6) is 0 Å². The van der Waals surface area contributed by atoms with E-state index in [4.69, 9.17) is 0 Å². The molecule has 1 aromatic carbocycles. The lowest BCUT2D eigenvalue weighted by Gasteiger charge is -2.24. The Morgan fingerprint density at radius 2 is 1.94 bits per heavy atom. The minimum atomic E-state index is -4.71. The standard InChI is InChI=1S/C21H20F3N5O3/c1-11-13-9-16(27-19(30)15-3-2-4-18(26-15)21(22,23)24)14(20(31)32)10-17(13)28-29(11)12-5-7-25-8-6-12/h2-4,9-10,12,25H,5-8H2,1H3,(H,27,30)(H,31,32). The zero-order chi connectivity index (χ0) is 23.0. The molecule has 32 heavy (non-hydrogen) atoms. The lowest BCUT2D eigenvalue weighted by molar-refractivity contribution is -0.141. The molecule has 0 radical (unpaired) electrons. The molecule has 2 aromatic heterocycles. The van der Waals surface area contributed by atoms with E-state index in [0.29, 0.717) is 10.9 Å². The zero-order valence-corrected chi connectivity index (χ0v) is 17.0. The third-order valence-electron chi connectivity index (χ3n) is 5.49. The van der Waals surface area contributed by atoms with Crippen LogP contribution >= 0.6 is 0 Å². The van der Waals surface area contributed by atoms with Gasteiger partial charge in [-0.1, -0.05) is 6.07 Å². The third-order valence-corrected chi connectivity index (χ3v) is 5.49. The van der Waals surface area contributed by atoms with Gasteiger partial charge in [0.1, 0.15) is 11.4 Å². The maximum atomic E-state index is 12.9. The number of aromatic nitrogens is 3. The predicted octanol–water partition coefficient (Wildman–Crippen LogP) is 3.63. The molecule has 3 heterocycles. The van der Waals surface area contributed by atoms with Crippen molar-refractivity contribution in [2.75, 3.05) is 18.4 Å². The molecule has 4 rings (SSSR count). The summed E-state index contributed by atoms with van der Waals surface area (Å²) in [6.07, 6.45) is -2.95. The van der Waals surface area contributed by atoms with E-state index in [1.165, 1.54) is 12.1 Å². The fourth-order valence-electron chi connectivity index (χ4n) is 3.87. The Hall–Kier alpha value is -3.47. The lowest BCUT2D eigenvalue weighted by Crippen LogP contribution is -2.30. The molecule has 3 N–H and O–H groups in total. The molecule has 1 aliphatic rings. The van der Waals surface area contributed by atoms with Crippen molar-refractivity contribution in [3.05, 3.63) is 53.0 Å². The highest BCUT2D eigenvalue weighted by atomic mass is 19.4. The van der Waals surface area contributed by atoms with Crippen LogP contribution in [0.2, 0.25) is 0 Å². The SMILES string of the molecule is Cc1c2cc(NC(=O)c3cccc(C(F)(F)F)n3)c(C(=O)O)cc2nn1C1CCNCC1. The number of hydrogen-bond donors (Lipinski definition) is 3. The average Bonchev–Trinajstić information content (AvgIpc) is 3.09. The molecule has 11 heteroatoms. The van der Waals surface area contributed by atoms with Gasteiger partial charge in [0.05, 0.1) is 22.8 Å². The van der Waals surface area contributed by atoms with Gasteiger partial charge in [0.25, 0.3) is 5.91 Å². The van der Waals surface area contributed by atoms with Crippen LogP contribution in [0.3, 0.4) is 0 Å². The summed E-state index contributed by atoms with van der Waals surface area (Å²) in [5.41, 5.74) is -0.656. The van der Waals surface area contributed by atoms with Gasteiger partial charge >= 0.3 is 12.1 Å². The molecular formula is C21H20F3N5O3. The summed E-state index contributed by atoms with van der Waals surface area (Å²) in [5.74, 6) is -2.24. The van der Waals surface area contributed by atoms with Gasteiger partial charge < -0.3 is 15.7 Å². The van der Waals surface area contributed by atoms with Crippen LogP contribution in [-0.2, 0) is 6.18 Å². The number of piperidine rings is 1. The highest BCUT2D eigenvalue weighted by Crippen LogP contribution is 2.31. The van der Waals surface area contributed by atoms with E-state index in [1.54, 1.807) is 0 Å². The summed E-state index contributed by atoms with van der Waals surface area (Å²) in [5, 5.41) is 20.5. The molecule has 1 fully saturated rings. The van der Waals surface area contributed by atoms with Gasteiger partial charge in [0.2, 0.25) is 0 Å². The Morgan fingerprint density at radius 3 is 2.59 bits per heavy atom. The van der Waals surface area contributed by atoms with Crippen molar-refractivity contribution in [2.45, 2.75) is 32.0 Å². The first-order valence-electron chi connectivity index (χ1n) is 9.97. The van der Waals surface area contributed by atoms with Gasteiger partial charge in [-0.2, -0.15) is 18.3 Å². The molecule has 0 atom stereocenters. The van der Waals surface area contributed by atoms with Crippen molar-refractivity contribution in [2.24, 2.45) is 0 Å². The van der Waals surface area contributed by atoms with Gasteiger partial charge in [-0.3, -0.25) is 9.48 Å². The Balaban J connectivity index is 1.71. The number of benzene rings is 1. The number of carboxylic acids is 1. The van der Waals surface area contributed by atoms with Crippen LogP contribution in [0.15, 0.2) is 30.3 Å². The number of carbonyl (C=O) groups is 2. The summed E-state index contributed by atoms with van der Waals surface area (Å²) in [6.45, 7) is 3.57. The first kappa shape index (κ1) is 21.8. The van der Waals surface area contributed by atoms with Crippen LogP contribution < -0.4 is 10.6 Å². The second-order valence-corrected chi connectivity index (χ2v) is 7.59. The first-order valence-corrected chi connectivity index (χ1v) is 9.97. The van der Waals surface area contributed by atoms with Gasteiger partial charge in [0, 0.05) is 11.1 Å². The molecule has 1 aliphatic heterocycles. The van der Waals surface area contributed by atoms with E-state index >= 15 is 0 Å². The van der Waals surface area contributed by atoms with Gasteiger partial charge in [-0.05, 0) is 57.1 Å². The number of alkyl halides is 3. The molecular weight excluding hydrogens is 427 g/mol. The average molecular weight is 447 g/mol. The van der Waals surface area contributed by atoms with Crippen molar-refractivity contribution >= 4 is 28.5 Å². The maximum Gasteiger partial charge on any atom is 0.433 e. The van der Waals surface area contributed by atoms with E-state index in [-0.39, 0.29) is 17.3 Å². The van der Waals surface area contributed by atoms with Crippen LogP contribution in [0.4, 0.5) is 18.9 Å². The largest absolute Gasteiger partial charge is 0.478 e. The fourth-order valence-corrected chi connectivity index (χ4v) is 3.87. The molecule has 8 nitrogen and oxygen atoms in total. The molecule has 0 bridgehead atoms. The second kappa shape index (κ2) is 8.23. The number of fused-ring (bicyclic) bond motifs is 1. The Kier molecular flexibility index (Phi) is 5.59. The zero-order valence-electron chi connectivity index (χ0n) is 17.0. The van der Waals surface area contributed by atoms with Gasteiger partial charge in [0.15, 0.2) is 0 Å². The van der Waals surface area contributed by atoms with Crippen molar-refractivity contribution in [3.63, 3.8) is 0 Å². The molecule has 0 saturated carbocycles. The number of aryl methyl sites for hydroxylation is 1. The van der Waals surface area contributed by atoms with Crippen LogP contribution in [0.1, 0.15) is 51.1 Å². The minimum absolute atomic E-state index is 0.0397. The van der Waals surface area contributed by atoms with Crippen LogP contribution in [-0.4, -0.2) is 44.8 Å². The van der Waals surface area contributed by atoms with E-state index < -0.39 is 29.4 Å². The summed E-state index contributed by atoms with van der Waals surface area (Å²) in [7, 11) is 0. The summed E-state index contributed by atoms with van der Waals surface area (Å²) in [4.78, 5) is 27.7. The first-order chi connectivity index (χ1) is 15.1. The number of nitrogens with one attached hydrogen (secondary N) is 2. The number of aromatic carboxylic acids is 1. The fraction of sp³-hybridized carbons (Fsp3) is 0.333.